The first-order valence-corrected chi connectivity index (χ1v) is 12.7. The highest BCUT2D eigenvalue weighted by Crippen LogP contribution is 3.02. The lowest BCUT2D eigenvalue weighted by Crippen LogP contribution is -2.07. The first kappa shape index (κ1) is 24.1. The Bertz CT molecular complexity index is 1140. The third-order valence-corrected chi connectivity index (χ3v) is 7.66. The summed E-state index contributed by atoms with van der Waals surface area (Å²) in [5.41, 5.74) is 1.10. The maximum atomic E-state index is 12.9. The maximum absolute atomic E-state index is 12.9. The van der Waals surface area contributed by atoms with Crippen LogP contribution in [0.1, 0.15) is 29.3 Å². The Morgan fingerprint density at radius 2 is 1.74 bits per heavy atom. The van der Waals surface area contributed by atoms with Gasteiger partial charge in [-0.3, -0.25) is 9.59 Å². The first-order valence-electron chi connectivity index (χ1n) is 8.55. The molecule has 0 radical (unpaired) electrons. The van der Waals surface area contributed by atoms with Crippen LogP contribution in [0.3, 0.4) is 0 Å². The first-order chi connectivity index (χ1) is 14.1. The molecule has 0 aliphatic carbocycles. The number of rotatable bonds is 5. The minimum Gasteiger partial charge on any atom is -0.348 e. The molecule has 1 N–H and O–H groups in total. The number of hydrogen-bond acceptors (Lipinski definition) is 4. The largest absolute Gasteiger partial charge is 0.348 e. The van der Waals surface area contributed by atoms with Crippen LogP contribution in [0.4, 0.5) is 25.1 Å². The molecule has 31 heavy (non-hydrogen) atoms. The van der Waals surface area contributed by atoms with Gasteiger partial charge in [0, 0.05) is 22.2 Å². The smallest absolute Gasteiger partial charge is 0.310 e. The van der Waals surface area contributed by atoms with Gasteiger partial charge in [0.05, 0.1) is 21.3 Å². The Labute approximate surface area is 192 Å². The van der Waals surface area contributed by atoms with E-state index in [9.17, 15) is 29.0 Å². The SMILES string of the molecule is CC(=O)C1=C(SCc2ccc(S(F)(F)(F)(F)F)cc2)Nc2c(Br)ccc(Cl)c2C(=O)C1. The molecule has 0 fully saturated rings. The Hall–Kier alpha value is -1.56. The lowest BCUT2D eigenvalue weighted by molar-refractivity contribution is -0.113. The quantitative estimate of drug-likeness (QED) is 0.371. The highest BCUT2D eigenvalue weighted by molar-refractivity contribution is 9.10. The van der Waals surface area contributed by atoms with Crippen LogP contribution < -0.4 is 5.32 Å². The predicted molar refractivity (Wildman–Crippen MR) is 119 cm³/mol. The lowest BCUT2D eigenvalue weighted by atomic mass is 10.0. The van der Waals surface area contributed by atoms with Crippen LogP contribution in [0, 0.1) is 0 Å². The van der Waals surface area contributed by atoms with E-state index in [1.807, 2.05) is 0 Å². The van der Waals surface area contributed by atoms with Gasteiger partial charge in [-0.05, 0) is 52.7 Å². The van der Waals surface area contributed by atoms with Crippen molar-refractivity contribution in [1.29, 1.82) is 0 Å². The van der Waals surface area contributed by atoms with Gasteiger partial charge in [0.2, 0.25) is 0 Å². The maximum Gasteiger partial charge on any atom is 0.310 e. The standard InChI is InChI=1S/C19H14BrClF5NO2S2/c1-10(28)13-8-16(29)17-15(21)7-6-14(20)18(17)27-19(13)30-9-11-2-4-12(5-3-11)31(22,23,24,25)26/h2-7,27H,8-9H2,1H3. The fourth-order valence-corrected chi connectivity index (χ4v) is 5.28. The van der Waals surface area contributed by atoms with Gasteiger partial charge in [-0.15, -0.1) is 11.8 Å². The zero-order chi connectivity index (χ0) is 23.3. The van der Waals surface area contributed by atoms with Crippen molar-refractivity contribution in [3.8, 4) is 0 Å². The van der Waals surface area contributed by atoms with Gasteiger partial charge in [0.15, 0.2) is 11.6 Å². The number of Topliss-reactive ketones (excluding diaryl/α,β-unsaturated/α-hetero) is 2. The molecule has 168 valence electrons. The second-order valence-electron chi connectivity index (χ2n) is 6.77. The molecule has 3 nitrogen and oxygen atoms in total. The van der Waals surface area contributed by atoms with Crippen LogP contribution in [-0.4, -0.2) is 11.6 Å². The van der Waals surface area contributed by atoms with E-state index in [2.05, 4.69) is 21.2 Å². The number of carbonyl (C=O) groups excluding carboxylic acids is 2. The van der Waals surface area contributed by atoms with Crippen molar-refractivity contribution in [2.45, 2.75) is 24.0 Å². The summed E-state index contributed by atoms with van der Waals surface area (Å²) < 4.78 is 64.9. The van der Waals surface area contributed by atoms with E-state index < -0.39 is 15.1 Å². The molecular formula is C19H14BrClF5NO2S2. The van der Waals surface area contributed by atoms with Crippen molar-refractivity contribution in [1.82, 2.24) is 0 Å². The van der Waals surface area contributed by atoms with Crippen molar-refractivity contribution in [3.63, 3.8) is 0 Å². The topological polar surface area (TPSA) is 46.2 Å². The minimum atomic E-state index is -9.74. The van der Waals surface area contributed by atoms with Gasteiger partial charge in [-0.25, -0.2) is 0 Å². The summed E-state index contributed by atoms with van der Waals surface area (Å²) in [5.74, 6) is -0.656. The van der Waals surface area contributed by atoms with Crippen molar-refractivity contribution in [3.05, 3.63) is 67.6 Å². The Morgan fingerprint density at radius 1 is 1.13 bits per heavy atom. The number of ketones is 2. The summed E-state index contributed by atoms with van der Waals surface area (Å²) in [7, 11) is -9.74. The van der Waals surface area contributed by atoms with Gasteiger partial charge in [-0.2, -0.15) is 0 Å². The summed E-state index contributed by atoms with van der Waals surface area (Å²) in [6, 6.07) is 5.76. The van der Waals surface area contributed by atoms with Gasteiger partial charge in [-0.1, -0.05) is 43.2 Å². The molecule has 1 aliphatic rings. The average molecular weight is 563 g/mol. The normalized spacial score (nSPS) is 16.7. The third-order valence-electron chi connectivity index (χ3n) is 4.41. The van der Waals surface area contributed by atoms with Crippen molar-refractivity contribution in [2.75, 3.05) is 5.32 Å². The highest BCUT2D eigenvalue weighted by atomic mass is 79.9. The minimum absolute atomic E-state index is 0.0709. The monoisotopic (exact) mass is 561 g/mol. The zero-order valence-electron chi connectivity index (χ0n) is 15.7. The van der Waals surface area contributed by atoms with E-state index in [1.54, 1.807) is 6.07 Å². The summed E-state index contributed by atoms with van der Waals surface area (Å²) in [6.45, 7) is 1.29. The molecule has 3 rings (SSSR count). The van der Waals surface area contributed by atoms with E-state index in [-0.39, 0.29) is 39.9 Å². The van der Waals surface area contributed by atoms with Crippen LogP contribution in [0.25, 0.3) is 0 Å². The molecule has 0 aromatic heterocycles. The molecule has 0 atom stereocenters. The number of nitrogens with one attached hydrogen (secondary N) is 1. The molecule has 12 heteroatoms. The molecule has 0 saturated heterocycles. The Morgan fingerprint density at radius 3 is 2.29 bits per heavy atom. The van der Waals surface area contributed by atoms with Crippen molar-refractivity contribution >= 4 is 66.8 Å². The molecule has 0 unspecified atom stereocenters. The van der Waals surface area contributed by atoms with Crippen molar-refractivity contribution in [2.24, 2.45) is 0 Å². The number of halogens is 7. The predicted octanol–water partition coefficient (Wildman–Crippen LogP) is 8.49. The Balaban J connectivity index is 1.92. The van der Waals surface area contributed by atoms with Gasteiger partial charge >= 0.3 is 10.2 Å². The summed E-state index contributed by atoms with van der Waals surface area (Å²) in [4.78, 5) is 22.9. The molecule has 0 amide bonds. The van der Waals surface area contributed by atoms with E-state index in [0.717, 1.165) is 23.9 Å². The molecule has 1 heterocycles. The molecular weight excluding hydrogens is 549 g/mol. The second kappa shape index (κ2) is 7.50. The summed E-state index contributed by atoms with van der Waals surface area (Å²) >= 11 is 10.6. The summed E-state index contributed by atoms with van der Waals surface area (Å²) in [5, 5.41) is 3.56. The van der Waals surface area contributed by atoms with Gasteiger partial charge in [0.25, 0.3) is 0 Å². The number of allylic oxidation sites excluding steroid dienone is 1. The van der Waals surface area contributed by atoms with Crippen LogP contribution in [0.2, 0.25) is 5.02 Å². The second-order valence-corrected chi connectivity index (χ2v) is 11.4. The fraction of sp³-hybridized carbons (Fsp3) is 0.158. The number of fused-ring (bicyclic) bond motifs is 1. The number of carbonyl (C=O) groups is 2. The van der Waals surface area contributed by atoms with Crippen LogP contribution in [0.5, 0.6) is 0 Å². The number of anilines is 1. The molecule has 2 aromatic rings. The van der Waals surface area contributed by atoms with E-state index in [1.165, 1.54) is 13.0 Å². The van der Waals surface area contributed by atoms with E-state index in [0.29, 0.717) is 32.9 Å². The molecule has 0 spiro atoms. The Kier molecular flexibility index (Phi) is 5.83. The molecule has 1 aliphatic heterocycles. The number of hydrogen-bond donors (Lipinski definition) is 1. The van der Waals surface area contributed by atoms with Crippen LogP contribution in [-0.2, 0) is 10.5 Å². The van der Waals surface area contributed by atoms with Crippen LogP contribution in [0.15, 0.2) is 56.4 Å². The van der Waals surface area contributed by atoms with E-state index in [4.69, 9.17) is 11.6 Å². The molecule has 2 aromatic carbocycles. The molecule has 0 saturated carbocycles. The lowest BCUT2D eigenvalue weighted by Gasteiger charge is -2.40. The van der Waals surface area contributed by atoms with E-state index >= 15 is 0 Å². The van der Waals surface area contributed by atoms with Gasteiger partial charge < -0.3 is 5.32 Å². The average Bonchev–Trinajstić information content (AvgIpc) is 2.79. The fourth-order valence-electron chi connectivity index (χ4n) is 2.87. The number of benzene rings is 2. The van der Waals surface area contributed by atoms with Gasteiger partial charge in [0.1, 0.15) is 4.90 Å². The summed E-state index contributed by atoms with van der Waals surface area (Å²) in [6.07, 6.45) is -0.211. The van der Waals surface area contributed by atoms with Crippen LogP contribution >= 0.6 is 49.5 Å². The zero-order valence-corrected chi connectivity index (χ0v) is 19.6. The van der Waals surface area contributed by atoms with Crippen molar-refractivity contribution < 1.29 is 29.0 Å². The highest BCUT2D eigenvalue weighted by Gasteiger charge is 2.65. The third kappa shape index (κ3) is 5.44. The molecule has 0 bridgehead atoms. The number of thioether (sulfide) groups is 1.